The van der Waals surface area contributed by atoms with Crippen LogP contribution < -0.4 is 10.1 Å². The summed E-state index contributed by atoms with van der Waals surface area (Å²) in [4.78, 5) is 29.4. The van der Waals surface area contributed by atoms with E-state index in [2.05, 4.69) is 28.4 Å². The molecular formula is C28H39N3O4. The Morgan fingerprint density at radius 1 is 1.20 bits per heavy atom. The van der Waals surface area contributed by atoms with Crippen LogP contribution >= 0.6 is 0 Å². The molecule has 7 nitrogen and oxygen atoms in total. The maximum atomic E-state index is 12.8. The molecule has 0 radical (unpaired) electrons. The Bertz CT molecular complexity index is 932. The van der Waals surface area contributed by atoms with Gasteiger partial charge in [-0.3, -0.25) is 4.79 Å². The predicted molar refractivity (Wildman–Crippen MR) is 136 cm³/mol. The summed E-state index contributed by atoms with van der Waals surface area (Å²) < 4.78 is 10.4. The number of methoxy groups -OCH3 is 1. The van der Waals surface area contributed by atoms with Crippen molar-refractivity contribution in [2.45, 2.75) is 58.0 Å². The Balaban J connectivity index is 1.28. The number of ether oxygens (including phenoxy) is 2. The maximum absolute atomic E-state index is 12.8. The molecule has 35 heavy (non-hydrogen) atoms. The number of carbonyl (C=O) groups excluding carboxylic acids is 2. The number of carbonyl (C=O) groups is 2. The third-order valence-electron chi connectivity index (χ3n) is 7.65. The molecule has 0 bridgehead atoms. The van der Waals surface area contributed by atoms with Gasteiger partial charge in [0.15, 0.2) is 0 Å². The molecule has 0 unspecified atom stereocenters. The number of amides is 2. The first-order valence-corrected chi connectivity index (χ1v) is 12.9. The van der Waals surface area contributed by atoms with E-state index >= 15 is 0 Å². The number of hydrogen-bond donors (Lipinski definition) is 1. The molecule has 190 valence electrons. The van der Waals surface area contributed by atoms with E-state index in [-0.39, 0.29) is 23.5 Å². The van der Waals surface area contributed by atoms with E-state index in [0.29, 0.717) is 19.6 Å². The Labute approximate surface area is 209 Å². The topological polar surface area (TPSA) is 71.1 Å². The fourth-order valence-corrected chi connectivity index (χ4v) is 5.55. The summed E-state index contributed by atoms with van der Waals surface area (Å²) in [5.74, 6) is 1.10. The second-order valence-corrected chi connectivity index (χ2v) is 10.0. The van der Waals surface area contributed by atoms with Crippen molar-refractivity contribution in [2.75, 3.05) is 39.9 Å². The van der Waals surface area contributed by atoms with Gasteiger partial charge in [-0.05, 0) is 80.8 Å². The van der Waals surface area contributed by atoms with Crippen LogP contribution in [0.25, 0.3) is 0 Å². The van der Waals surface area contributed by atoms with Gasteiger partial charge in [-0.2, -0.15) is 0 Å². The normalized spacial score (nSPS) is 20.6. The van der Waals surface area contributed by atoms with Gasteiger partial charge < -0.3 is 24.6 Å². The molecule has 3 aliphatic rings. The van der Waals surface area contributed by atoms with E-state index < -0.39 is 0 Å². The van der Waals surface area contributed by atoms with Crippen molar-refractivity contribution in [1.29, 1.82) is 0 Å². The van der Waals surface area contributed by atoms with Crippen molar-refractivity contribution < 1.29 is 19.1 Å². The van der Waals surface area contributed by atoms with Crippen LogP contribution in [-0.4, -0.2) is 67.7 Å². The number of rotatable bonds is 9. The first-order valence-electron chi connectivity index (χ1n) is 12.9. The van der Waals surface area contributed by atoms with E-state index in [1.165, 1.54) is 5.57 Å². The highest BCUT2D eigenvalue weighted by molar-refractivity contribution is 5.79. The number of benzene rings is 1. The first-order chi connectivity index (χ1) is 17.0. The van der Waals surface area contributed by atoms with Crippen molar-refractivity contribution in [3.05, 3.63) is 53.6 Å². The number of nitrogens with one attached hydrogen (secondary N) is 1. The fraction of sp³-hybridized carbons (Fsp3) is 0.571. The Hall–Kier alpha value is -2.80. The van der Waals surface area contributed by atoms with Gasteiger partial charge in [-0.15, -0.1) is 0 Å². The van der Waals surface area contributed by atoms with Gasteiger partial charge in [-0.1, -0.05) is 30.4 Å². The lowest BCUT2D eigenvalue weighted by atomic mass is 9.77. The van der Waals surface area contributed by atoms with Gasteiger partial charge in [0.2, 0.25) is 5.91 Å². The quantitative estimate of drug-likeness (QED) is 0.570. The summed E-state index contributed by atoms with van der Waals surface area (Å²) in [6.07, 6.45) is 11.6. The van der Waals surface area contributed by atoms with Crippen LogP contribution in [0.4, 0.5) is 4.79 Å². The van der Waals surface area contributed by atoms with E-state index in [1.54, 1.807) is 7.11 Å². The largest absolute Gasteiger partial charge is 0.497 e. The molecule has 2 fully saturated rings. The summed E-state index contributed by atoms with van der Waals surface area (Å²) in [5, 5.41) is 3.07. The summed E-state index contributed by atoms with van der Waals surface area (Å²) in [6, 6.07) is 7.99. The van der Waals surface area contributed by atoms with Crippen LogP contribution in [0.2, 0.25) is 0 Å². The van der Waals surface area contributed by atoms with E-state index in [0.717, 1.165) is 69.6 Å². The molecule has 1 spiro atoms. The molecule has 4 rings (SSSR count). The summed E-state index contributed by atoms with van der Waals surface area (Å²) in [7, 11) is 1.66. The van der Waals surface area contributed by atoms with E-state index in [1.807, 2.05) is 36.1 Å². The molecule has 1 atom stereocenters. The van der Waals surface area contributed by atoms with Gasteiger partial charge >= 0.3 is 6.09 Å². The minimum Gasteiger partial charge on any atom is -0.497 e. The molecule has 0 saturated carbocycles. The zero-order valence-electron chi connectivity index (χ0n) is 21.1. The molecule has 1 aromatic carbocycles. The van der Waals surface area contributed by atoms with Crippen molar-refractivity contribution >= 4 is 12.0 Å². The van der Waals surface area contributed by atoms with Gasteiger partial charge in [0.05, 0.1) is 19.8 Å². The van der Waals surface area contributed by atoms with Gasteiger partial charge in [-0.25, -0.2) is 4.79 Å². The fourth-order valence-electron chi connectivity index (χ4n) is 5.55. The standard InChI is InChI=1S/C28H39N3O4/c1-3-35-27(33)29-25(23-7-5-4-6-8-23)13-16-30-17-14-28(15-18-30)19-26(32)31(21-28)20-22-9-11-24(34-2)12-10-22/h4-5,7,9-12,25H,3,6,8,13-21H2,1-2H3,(H,29,33)/t25-/m0/s1. The van der Waals surface area contributed by atoms with Crippen LogP contribution in [0.1, 0.15) is 51.0 Å². The predicted octanol–water partition coefficient (Wildman–Crippen LogP) is 4.29. The Kier molecular flexibility index (Phi) is 8.50. The third kappa shape index (κ3) is 6.66. The van der Waals surface area contributed by atoms with Crippen molar-refractivity contribution in [3.8, 4) is 5.75 Å². The van der Waals surface area contributed by atoms with Gasteiger partial charge in [0.1, 0.15) is 5.75 Å². The number of likely N-dealkylation sites (tertiary alicyclic amines) is 2. The molecule has 1 N–H and O–H groups in total. The highest BCUT2D eigenvalue weighted by Gasteiger charge is 2.44. The van der Waals surface area contributed by atoms with Crippen LogP contribution in [0, 0.1) is 5.41 Å². The number of hydrogen-bond acceptors (Lipinski definition) is 5. The summed E-state index contributed by atoms with van der Waals surface area (Å²) >= 11 is 0. The molecule has 7 heteroatoms. The molecule has 2 aliphatic heterocycles. The van der Waals surface area contributed by atoms with Crippen LogP contribution in [-0.2, 0) is 16.1 Å². The first kappa shape index (κ1) is 25.3. The highest BCUT2D eigenvalue weighted by Crippen LogP contribution is 2.41. The van der Waals surface area contributed by atoms with Gasteiger partial charge in [0, 0.05) is 26.1 Å². The Morgan fingerprint density at radius 3 is 2.63 bits per heavy atom. The molecule has 2 heterocycles. The summed E-state index contributed by atoms with van der Waals surface area (Å²) in [5.41, 5.74) is 2.50. The monoisotopic (exact) mass is 481 g/mol. The van der Waals surface area contributed by atoms with Crippen LogP contribution in [0.5, 0.6) is 5.75 Å². The number of nitrogens with zero attached hydrogens (tertiary/aromatic N) is 2. The highest BCUT2D eigenvalue weighted by atomic mass is 16.5. The summed E-state index contributed by atoms with van der Waals surface area (Å²) in [6.45, 7) is 6.63. The average Bonchev–Trinajstić information content (AvgIpc) is 3.18. The van der Waals surface area contributed by atoms with E-state index in [4.69, 9.17) is 9.47 Å². The maximum Gasteiger partial charge on any atom is 0.407 e. The Morgan fingerprint density at radius 2 is 1.97 bits per heavy atom. The van der Waals surface area contributed by atoms with Crippen molar-refractivity contribution in [3.63, 3.8) is 0 Å². The van der Waals surface area contributed by atoms with E-state index in [9.17, 15) is 9.59 Å². The number of piperidine rings is 1. The number of alkyl carbamates (subject to hydrolysis) is 1. The lowest BCUT2D eigenvalue weighted by Crippen LogP contribution is -2.44. The second kappa shape index (κ2) is 11.8. The minimum absolute atomic E-state index is 0.00272. The second-order valence-electron chi connectivity index (χ2n) is 10.0. The molecule has 0 aromatic heterocycles. The zero-order valence-corrected chi connectivity index (χ0v) is 21.1. The molecular weight excluding hydrogens is 442 g/mol. The van der Waals surface area contributed by atoms with Crippen LogP contribution in [0.3, 0.4) is 0 Å². The average molecular weight is 482 g/mol. The lowest BCUT2D eigenvalue weighted by Gasteiger charge is -2.39. The number of allylic oxidation sites excluding steroid dienone is 3. The SMILES string of the molecule is CCOC(=O)N[C@@H](CCN1CCC2(CC1)CC(=O)N(Cc1ccc(OC)cc1)C2)C1=CC=CCC1. The smallest absolute Gasteiger partial charge is 0.407 e. The van der Waals surface area contributed by atoms with Crippen LogP contribution in [0.15, 0.2) is 48.1 Å². The third-order valence-corrected chi connectivity index (χ3v) is 7.65. The molecule has 2 amide bonds. The van der Waals surface area contributed by atoms with Crippen molar-refractivity contribution in [2.24, 2.45) is 5.41 Å². The minimum atomic E-state index is -0.341. The molecule has 1 aromatic rings. The molecule has 2 saturated heterocycles. The van der Waals surface area contributed by atoms with Crippen molar-refractivity contribution in [1.82, 2.24) is 15.1 Å². The molecule has 1 aliphatic carbocycles. The van der Waals surface area contributed by atoms with Gasteiger partial charge in [0.25, 0.3) is 0 Å². The zero-order chi connectivity index (χ0) is 24.7. The lowest BCUT2D eigenvalue weighted by molar-refractivity contribution is -0.128.